The average molecular weight is 241 g/mol. The summed E-state index contributed by atoms with van der Waals surface area (Å²) in [6.45, 7) is 5.31. The van der Waals surface area contributed by atoms with Crippen molar-refractivity contribution < 1.29 is 4.39 Å². The number of hydrogen-bond acceptors (Lipinski definition) is 2. The number of thioether (sulfide) groups is 1. The summed E-state index contributed by atoms with van der Waals surface area (Å²) in [5, 5.41) is 3.44. The van der Waals surface area contributed by atoms with Gasteiger partial charge in [-0.25, -0.2) is 4.39 Å². The van der Waals surface area contributed by atoms with E-state index in [1.165, 1.54) is 30.1 Å². The zero-order valence-electron chi connectivity index (χ0n) is 10.0. The van der Waals surface area contributed by atoms with Crippen molar-refractivity contribution in [1.82, 2.24) is 5.32 Å². The minimum atomic E-state index is -0.171. The van der Waals surface area contributed by atoms with Crippen LogP contribution < -0.4 is 5.32 Å². The molecule has 1 atom stereocenters. The molecule has 1 aromatic carbocycles. The summed E-state index contributed by atoms with van der Waals surface area (Å²) >= 11 is 1.97. The van der Waals surface area contributed by atoms with Gasteiger partial charge in [0.1, 0.15) is 5.82 Å². The van der Waals surface area contributed by atoms with Gasteiger partial charge in [-0.3, -0.25) is 0 Å². The second-order valence-corrected chi connectivity index (χ2v) is 5.17. The van der Waals surface area contributed by atoms with Gasteiger partial charge in [-0.15, -0.1) is 0 Å². The second kappa shape index (κ2) is 7.69. The van der Waals surface area contributed by atoms with Crippen LogP contribution in [0, 0.1) is 5.82 Å². The van der Waals surface area contributed by atoms with Gasteiger partial charge in [-0.05, 0) is 49.1 Å². The van der Waals surface area contributed by atoms with Crippen LogP contribution in [-0.4, -0.2) is 18.1 Å². The van der Waals surface area contributed by atoms with Crippen LogP contribution in [0.2, 0.25) is 0 Å². The van der Waals surface area contributed by atoms with Gasteiger partial charge in [-0.1, -0.05) is 19.1 Å². The van der Waals surface area contributed by atoms with Gasteiger partial charge in [-0.2, -0.15) is 11.8 Å². The fourth-order valence-electron chi connectivity index (χ4n) is 1.51. The molecule has 0 amide bonds. The van der Waals surface area contributed by atoms with E-state index in [9.17, 15) is 4.39 Å². The first-order chi connectivity index (χ1) is 7.74. The van der Waals surface area contributed by atoms with E-state index in [1.807, 2.05) is 23.9 Å². The Labute approximate surface area is 102 Å². The maximum atomic E-state index is 12.7. The zero-order chi connectivity index (χ0) is 11.8. The molecule has 0 bridgehead atoms. The normalized spacial score (nSPS) is 12.7. The summed E-state index contributed by atoms with van der Waals surface area (Å²) in [5.74, 6) is 2.22. The summed E-state index contributed by atoms with van der Waals surface area (Å²) in [4.78, 5) is 0. The molecule has 1 nitrogen and oxygen atoms in total. The Morgan fingerprint density at radius 2 is 2.00 bits per heavy atom. The molecule has 0 saturated heterocycles. The Bertz CT molecular complexity index is 286. The molecule has 0 heterocycles. The van der Waals surface area contributed by atoms with E-state index < -0.39 is 0 Å². The lowest BCUT2D eigenvalue weighted by Crippen LogP contribution is -2.20. The molecule has 3 heteroatoms. The van der Waals surface area contributed by atoms with E-state index in [0.717, 1.165) is 12.1 Å². The van der Waals surface area contributed by atoms with Crippen molar-refractivity contribution in [2.75, 3.05) is 18.1 Å². The second-order valence-electron chi connectivity index (χ2n) is 3.78. The SMILES string of the molecule is CCSCCCN[C@@H](C)c1ccc(F)cc1. The highest BCUT2D eigenvalue weighted by molar-refractivity contribution is 7.99. The molecule has 0 aromatic heterocycles. The van der Waals surface area contributed by atoms with Crippen molar-refractivity contribution >= 4 is 11.8 Å². The van der Waals surface area contributed by atoms with Crippen LogP contribution in [0.3, 0.4) is 0 Å². The van der Waals surface area contributed by atoms with Crippen LogP contribution >= 0.6 is 11.8 Å². The van der Waals surface area contributed by atoms with Gasteiger partial charge in [0.25, 0.3) is 0 Å². The number of halogens is 1. The van der Waals surface area contributed by atoms with Gasteiger partial charge in [0.2, 0.25) is 0 Å². The average Bonchev–Trinajstić information content (AvgIpc) is 2.29. The molecule has 16 heavy (non-hydrogen) atoms. The molecule has 0 saturated carbocycles. The lowest BCUT2D eigenvalue weighted by atomic mass is 10.1. The Kier molecular flexibility index (Phi) is 6.50. The van der Waals surface area contributed by atoms with Crippen molar-refractivity contribution in [1.29, 1.82) is 0 Å². The minimum Gasteiger partial charge on any atom is -0.310 e. The molecule has 0 radical (unpaired) electrons. The van der Waals surface area contributed by atoms with Crippen LogP contribution in [0.5, 0.6) is 0 Å². The third-order valence-electron chi connectivity index (χ3n) is 2.49. The first-order valence-electron chi connectivity index (χ1n) is 5.80. The first kappa shape index (κ1) is 13.5. The van der Waals surface area contributed by atoms with E-state index in [1.54, 1.807) is 0 Å². The molecule has 0 aliphatic carbocycles. The summed E-state index contributed by atoms with van der Waals surface area (Å²) in [6, 6.07) is 7.01. The number of rotatable bonds is 7. The van der Waals surface area contributed by atoms with Gasteiger partial charge in [0.15, 0.2) is 0 Å². The molecule has 0 spiro atoms. The van der Waals surface area contributed by atoms with Crippen molar-refractivity contribution in [2.45, 2.75) is 26.3 Å². The van der Waals surface area contributed by atoms with Crippen molar-refractivity contribution in [3.05, 3.63) is 35.6 Å². The van der Waals surface area contributed by atoms with Gasteiger partial charge in [0, 0.05) is 6.04 Å². The van der Waals surface area contributed by atoms with E-state index >= 15 is 0 Å². The minimum absolute atomic E-state index is 0.171. The van der Waals surface area contributed by atoms with Crippen LogP contribution in [0.25, 0.3) is 0 Å². The summed E-state index contributed by atoms with van der Waals surface area (Å²) in [5.41, 5.74) is 1.14. The van der Waals surface area contributed by atoms with Crippen LogP contribution in [-0.2, 0) is 0 Å². The Morgan fingerprint density at radius 1 is 1.31 bits per heavy atom. The van der Waals surface area contributed by atoms with Crippen molar-refractivity contribution in [3.63, 3.8) is 0 Å². The highest BCUT2D eigenvalue weighted by Gasteiger charge is 2.03. The van der Waals surface area contributed by atoms with E-state index in [2.05, 4.69) is 19.2 Å². The van der Waals surface area contributed by atoms with E-state index in [-0.39, 0.29) is 5.82 Å². The Hall–Kier alpha value is -0.540. The molecular formula is C13H20FNS. The quantitative estimate of drug-likeness (QED) is 0.732. The molecule has 90 valence electrons. The number of nitrogens with one attached hydrogen (secondary N) is 1. The third kappa shape index (κ3) is 4.99. The van der Waals surface area contributed by atoms with Gasteiger partial charge in [0.05, 0.1) is 0 Å². The topological polar surface area (TPSA) is 12.0 Å². The molecular weight excluding hydrogens is 221 g/mol. The number of benzene rings is 1. The predicted molar refractivity (Wildman–Crippen MR) is 70.4 cm³/mol. The van der Waals surface area contributed by atoms with Crippen LogP contribution in [0.4, 0.5) is 4.39 Å². The van der Waals surface area contributed by atoms with E-state index in [4.69, 9.17) is 0 Å². The van der Waals surface area contributed by atoms with Crippen LogP contribution in [0.1, 0.15) is 31.9 Å². The zero-order valence-corrected chi connectivity index (χ0v) is 10.8. The maximum Gasteiger partial charge on any atom is 0.123 e. The summed E-state index contributed by atoms with van der Waals surface area (Å²) in [7, 11) is 0. The molecule has 1 N–H and O–H groups in total. The molecule has 0 fully saturated rings. The fraction of sp³-hybridized carbons (Fsp3) is 0.538. The summed E-state index contributed by atoms with van der Waals surface area (Å²) < 4.78 is 12.7. The Morgan fingerprint density at radius 3 is 2.62 bits per heavy atom. The highest BCUT2D eigenvalue weighted by Crippen LogP contribution is 2.12. The Balaban J connectivity index is 2.24. The lowest BCUT2D eigenvalue weighted by Gasteiger charge is -2.13. The summed E-state index contributed by atoms with van der Waals surface area (Å²) in [6.07, 6.45) is 1.18. The molecule has 0 aliphatic rings. The highest BCUT2D eigenvalue weighted by atomic mass is 32.2. The van der Waals surface area contributed by atoms with Crippen molar-refractivity contribution in [2.24, 2.45) is 0 Å². The largest absolute Gasteiger partial charge is 0.310 e. The maximum absolute atomic E-state index is 12.7. The molecule has 1 aromatic rings. The number of hydrogen-bond donors (Lipinski definition) is 1. The first-order valence-corrected chi connectivity index (χ1v) is 6.96. The fourth-order valence-corrected chi connectivity index (χ4v) is 2.14. The van der Waals surface area contributed by atoms with Gasteiger partial charge >= 0.3 is 0 Å². The van der Waals surface area contributed by atoms with Crippen LogP contribution in [0.15, 0.2) is 24.3 Å². The van der Waals surface area contributed by atoms with Gasteiger partial charge < -0.3 is 5.32 Å². The standard InChI is InChI=1S/C13H20FNS/c1-3-16-10-4-9-15-11(2)12-5-7-13(14)8-6-12/h5-8,11,15H,3-4,9-10H2,1-2H3/t11-/m0/s1. The smallest absolute Gasteiger partial charge is 0.123 e. The molecule has 1 rings (SSSR count). The van der Waals surface area contributed by atoms with E-state index in [0.29, 0.717) is 6.04 Å². The monoisotopic (exact) mass is 241 g/mol. The molecule has 0 unspecified atom stereocenters. The van der Waals surface area contributed by atoms with Crippen molar-refractivity contribution in [3.8, 4) is 0 Å². The lowest BCUT2D eigenvalue weighted by molar-refractivity contribution is 0.569. The molecule has 0 aliphatic heterocycles. The predicted octanol–water partition coefficient (Wildman–Crippen LogP) is 3.62. The third-order valence-corrected chi connectivity index (χ3v) is 3.48.